The Labute approximate surface area is 70.4 Å². The first kappa shape index (κ1) is 10.4. The fraction of sp³-hybridized carbons (Fsp3) is 0.375. The average Bonchev–Trinajstić information content (AvgIpc) is 2.03. The third kappa shape index (κ3) is 3.52. The van der Waals surface area contributed by atoms with Crippen molar-refractivity contribution >= 4 is 11.9 Å². The number of nitrogens with zero attached hydrogens (tertiary/aromatic N) is 1. The highest BCUT2D eigenvalue weighted by molar-refractivity contribution is 5.98. The zero-order valence-electron chi connectivity index (χ0n) is 6.79. The summed E-state index contributed by atoms with van der Waals surface area (Å²) >= 11 is 0. The van der Waals surface area contributed by atoms with Crippen LogP contribution >= 0.6 is 0 Å². The topological polar surface area (TPSA) is 67.2 Å². The summed E-state index contributed by atoms with van der Waals surface area (Å²) in [5, 5.41) is 8.19. The van der Waals surface area contributed by atoms with Crippen molar-refractivity contribution in [2.75, 3.05) is 0 Å². The fourth-order valence-electron chi connectivity index (χ4n) is 0.466. The lowest BCUT2D eigenvalue weighted by atomic mass is 10.3. The van der Waals surface area contributed by atoms with Crippen LogP contribution in [0.1, 0.15) is 19.8 Å². The maximum absolute atomic E-state index is 10.7. The van der Waals surface area contributed by atoms with E-state index in [0.29, 0.717) is 6.42 Å². The van der Waals surface area contributed by atoms with E-state index in [1.807, 2.05) is 0 Å². The summed E-state index contributed by atoms with van der Waals surface area (Å²) in [5.74, 6) is -1.59. The van der Waals surface area contributed by atoms with Gasteiger partial charge in [-0.05, 0) is 6.42 Å². The van der Waals surface area contributed by atoms with Crippen LogP contribution in [0.2, 0.25) is 0 Å². The van der Waals surface area contributed by atoms with Gasteiger partial charge in [0.05, 0.1) is 0 Å². The Bertz CT molecular complexity index is 250. The molecule has 0 saturated carbocycles. The predicted molar refractivity (Wildman–Crippen MR) is 40.8 cm³/mol. The molecule has 12 heavy (non-hydrogen) atoms. The van der Waals surface area contributed by atoms with Crippen LogP contribution in [-0.4, -0.2) is 11.9 Å². The molecule has 0 N–H and O–H groups in total. The molecule has 0 heterocycles. The molecule has 0 amide bonds. The highest BCUT2D eigenvalue weighted by atomic mass is 16.6. The molecule has 0 unspecified atom stereocenters. The summed E-state index contributed by atoms with van der Waals surface area (Å²) in [6.45, 7) is 4.88. The molecular weight excluding hydrogens is 158 g/mol. The summed E-state index contributed by atoms with van der Waals surface area (Å²) < 4.78 is 4.24. The normalized spacial score (nSPS) is 8.33. The van der Waals surface area contributed by atoms with Crippen molar-refractivity contribution in [2.24, 2.45) is 0 Å². The molecule has 0 spiro atoms. The van der Waals surface area contributed by atoms with Gasteiger partial charge in [0.2, 0.25) is 0 Å². The van der Waals surface area contributed by atoms with Gasteiger partial charge in [-0.15, -0.1) is 0 Å². The molecule has 0 fully saturated rings. The Hall–Kier alpha value is -1.63. The first-order chi connectivity index (χ1) is 5.61. The molecule has 0 bridgehead atoms. The van der Waals surface area contributed by atoms with Crippen LogP contribution < -0.4 is 0 Å². The van der Waals surface area contributed by atoms with Crippen molar-refractivity contribution in [1.82, 2.24) is 0 Å². The maximum atomic E-state index is 10.7. The van der Waals surface area contributed by atoms with Crippen LogP contribution in [0.3, 0.4) is 0 Å². The number of rotatable bonds is 3. The van der Waals surface area contributed by atoms with Gasteiger partial charge in [0, 0.05) is 6.42 Å². The quantitative estimate of drug-likeness (QED) is 0.271. The third-order valence-electron chi connectivity index (χ3n) is 1.04. The largest absolute Gasteiger partial charge is 0.389 e. The van der Waals surface area contributed by atoms with Gasteiger partial charge < -0.3 is 4.74 Å². The molecule has 4 nitrogen and oxygen atoms in total. The number of esters is 2. The van der Waals surface area contributed by atoms with Crippen molar-refractivity contribution < 1.29 is 14.3 Å². The molecule has 0 aliphatic carbocycles. The lowest BCUT2D eigenvalue weighted by Crippen LogP contribution is -2.12. The van der Waals surface area contributed by atoms with Crippen molar-refractivity contribution in [3.05, 3.63) is 12.2 Å². The van der Waals surface area contributed by atoms with Gasteiger partial charge in [-0.3, -0.25) is 4.79 Å². The summed E-state index contributed by atoms with van der Waals surface area (Å²) in [6.07, 6.45) is 0.773. The van der Waals surface area contributed by atoms with Crippen LogP contribution in [0.4, 0.5) is 0 Å². The van der Waals surface area contributed by atoms with E-state index in [2.05, 4.69) is 11.3 Å². The van der Waals surface area contributed by atoms with Gasteiger partial charge in [-0.1, -0.05) is 13.5 Å². The molecule has 64 valence electrons. The van der Waals surface area contributed by atoms with E-state index in [1.165, 1.54) is 6.07 Å². The molecule has 0 aliphatic rings. The number of hydrogen-bond acceptors (Lipinski definition) is 4. The molecular formula is C8H9NO3. The number of carbonyl (C=O) groups is 2. The molecule has 4 heteroatoms. The first-order valence-corrected chi connectivity index (χ1v) is 3.45. The Balaban J connectivity index is 3.95. The first-order valence-electron chi connectivity index (χ1n) is 3.45. The lowest BCUT2D eigenvalue weighted by molar-refractivity contribution is -0.156. The van der Waals surface area contributed by atoms with Gasteiger partial charge in [0.1, 0.15) is 11.6 Å². The standard InChI is InChI=1S/C8H9NO3/c1-3-4-7(10)12-8(11)6(2)5-9/h2-4H2,1H3. The smallest absolute Gasteiger partial charge is 0.355 e. The van der Waals surface area contributed by atoms with E-state index in [0.717, 1.165) is 0 Å². The zero-order valence-corrected chi connectivity index (χ0v) is 6.79. The SMILES string of the molecule is C=C(C#N)C(=O)OC(=O)CCC. The summed E-state index contributed by atoms with van der Waals surface area (Å²) in [5.41, 5.74) is -0.362. The van der Waals surface area contributed by atoms with E-state index >= 15 is 0 Å². The fourth-order valence-corrected chi connectivity index (χ4v) is 0.466. The second-order valence-corrected chi connectivity index (χ2v) is 2.10. The van der Waals surface area contributed by atoms with Crippen LogP contribution in [0.25, 0.3) is 0 Å². The monoisotopic (exact) mass is 167 g/mol. The Morgan fingerprint density at radius 1 is 1.58 bits per heavy atom. The van der Waals surface area contributed by atoms with Crippen LogP contribution in [0.15, 0.2) is 12.2 Å². The van der Waals surface area contributed by atoms with Gasteiger partial charge in [-0.25, -0.2) is 4.79 Å². The minimum atomic E-state index is -0.962. The van der Waals surface area contributed by atoms with Crippen molar-refractivity contribution in [2.45, 2.75) is 19.8 Å². The summed E-state index contributed by atoms with van der Waals surface area (Å²) in [4.78, 5) is 21.4. The highest BCUT2D eigenvalue weighted by Gasteiger charge is 2.12. The van der Waals surface area contributed by atoms with Crippen molar-refractivity contribution in [3.63, 3.8) is 0 Å². The van der Waals surface area contributed by atoms with Crippen LogP contribution in [0.5, 0.6) is 0 Å². The Kier molecular flexibility index (Phi) is 4.39. The predicted octanol–water partition coefficient (Wildman–Crippen LogP) is 0.936. The lowest BCUT2D eigenvalue weighted by Gasteiger charge is -1.98. The maximum Gasteiger partial charge on any atom is 0.355 e. The molecule has 0 aromatic carbocycles. The molecule has 0 aromatic rings. The third-order valence-corrected chi connectivity index (χ3v) is 1.04. The molecule has 0 rings (SSSR count). The second kappa shape index (κ2) is 5.08. The van der Waals surface area contributed by atoms with E-state index in [9.17, 15) is 9.59 Å². The van der Waals surface area contributed by atoms with Crippen LogP contribution in [0, 0.1) is 11.3 Å². The number of hydrogen-bond donors (Lipinski definition) is 0. The van der Waals surface area contributed by atoms with E-state index < -0.39 is 11.9 Å². The number of ether oxygens (including phenoxy) is 1. The van der Waals surface area contributed by atoms with Crippen molar-refractivity contribution in [1.29, 1.82) is 5.26 Å². The molecule has 0 atom stereocenters. The van der Waals surface area contributed by atoms with Gasteiger partial charge in [-0.2, -0.15) is 5.26 Å². The minimum Gasteiger partial charge on any atom is -0.389 e. The molecule has 0 aliphatic heterocycles. The molecule has 0 aromatic heterocycles. The van der Waals surface area contributed by atoms with E-state index in [1.54, 1.807) is 6.92 Å². The molecule has 0 saturated heterocycles. The summed E-state index contributed by atoms with van der Waals surface area (Å²) in [7, 11) is 0. The van der Waals surface area contributed by atoms with Gasteiger partial charge in [0.25, 0.3) is 0 Å². The van der Waals surface area contributed by atoms with Gasteiger partial charge in [0.15, 0.2) is 0 Å². The number of nitriles is 1. The zero-order chi connectivity index (χ0) is 9.56. The van der Waals surface area contributed by atoms with Crippen molar-refractivity contribution in [3.8, 4) is 6.07 Å². The van der Waals surface area contributed by atoms with E-state index in [-0.39, 0.29) is 12.0 Å². The highest BCUT2D eigenvalue weighted by Crippen LogP contribution is 1.96. The van der Waals surface area contributed by atoms with Crippen LogP contribution in [-0.2, 0) is 14.3 Å². The van der Waals surface area contributed by atoms with Gasteiger partial charge >= 0.3 is 11.9 Å². The molecule has 0 radical (unpaired) electrons. The second-order valence-electron chi connectivity index (χ2n) is 2.10. The minimum absolute atomic E-state index is 0.171. The Morgan fingerprint density at radius 3 is 2.58 bits per heavy atom. The number of carbonyl (C=O) groups excluding carboxylic acids is 2. The average molecular weight is 167 g/mol. The van der Waals surface area contributed by atoms with E-state index in [4.69, 9.17) is 5.26 Å². The summed E-state index contributed by atoms with van der Waals surface area (Å²) in [6, 6.07) is 1.49. The Morgan fingerprint density at radius 2 is 2.17 bits per heavy atom.